The second-order valence-corrected chi connectivity index (χ2v) is 7.44. The maximum absolute atomic E-state index is 11.1. The summed E-state index contributed by atoms with van der Waals surface area (Å²) in [6.07, 6.45) is 13.0. The van der Waals surface area contributed by atoms with E-state index in [-0.39, 0.29) is 5.78 Å². The van der Waals surface area contributed by atoms with E-state index in [9.17, 15) is 4.79 Å². The third-order valence-corrected chi connectivity index (χ3v) is 5.62. The van der Waals surface area contributed by atoms with Crippen molar-refractivity contribution in [1.29, 1.82) is 0 Å². The van der Waals surface area contributed by atoms with E-state index in [1.807, 2.05) is 12.2 Å². The summed E-state index contributed by atoms with van der Waals surface area (Å²) in [6, 6.07) is 0. The highest BCUT2D eigenvalue weighted by molar-refractivity contribution is 5.77. The average Bonchev–Trinajstić information content (AvgIpc) is 2.37. The fraction of sp³-hybridized carbons (Fsp3) is 0.722. The summed E-state index contributed by atoms with van der Waals surface area (Å²) in [6.45, 7) is 6.40. The molecule has 0 radical (unpaired) electrons. The van der Waals surface area contributed by atoms with Crippen LogP contribution in [0, 0.1) is 17.8 Å². The van der Waals surface area contributed by atoms with Crippen molar-refractivity contribution < 1.29 is 4.79 Å². The lowest BCUT2D eigenvalue weighted by atomic mass is 9.53. The highest BCUT2D eigenvalue weighted by Gasteiger charge is 2.50. The van der Waals surface area contributed by atoms with Gasteiger partial charge in [-0.2, -0.15) is 0 Å². The Morgan fingerprint density at radius 2 is 1.75 bits per heavy atom. The van der Waals surface area contributed by atoms with Crippen LogP contribution in [-0.2, 0) is 4.79 Å². The molecule has 4 bridgehead atoms. The van der Waals surface area contributed by atoms with Crippen LogP contribution in [0.5, 0.6) is 0 Å². The van der Waals surface area contributed by atoms with Crippen LogP contribution in [0.3, 0.4) is 0 Å². The van der Waals surface area contributed by atoms with Gasteiger partial charge in [0.25, 0.3) is 0 Å². The molecule has 0 aromatic heterocycles. The molecule has 4 rings (SSSR count). The minimum Gasteiger partial charge on any atom is -0.307 e. The van der Waals surface area contributed by atoms with E-state index in [2.05, 4.69) is 11.9 Å². The molecule has 2 heteroatoms. The Morgan fingerprint density at radius 3 is 2.20 bits per heavy atom. The van der Waals surface area contributed by atoms with Crippen LogP contribution in [0.4, 0.5) is 0 Å². The average molecular weight is 273 g/mol. The number of carbonyl (C=O) groups excluding carboxylic acids is 1. The zero-order valence-corrected chi connectivity index (χ0v) is 12.7. The molecule has 2 nitrogen and oxygen atoms in total. The normalized spacial score (nSPS) is 39.0. The first-order valence-corrected chi connectivity index (χ1v) is 8.14. The Bertz CT molecular complexity index is 399. The standard InChI is InChI=1S/C18H27NO/c1-3-14(5-4-13(2)20)12-19-18-9-15-6-16(10-18)8-17(7-15)11-18/h3,5,15-17,19H,1,4,6-12H2,2H3/b14-5+. The van der Waals surface area contributed by atoms with Gasteiger partial charge >= 0.3 is 0 Å². The van der Waals surface area contributed by atoms with E-state index in [0.29, 0.717) is 12.0 Å². The first-order valence-electron chi connectivity index (χ1n) is 8.14. The quantitative estimate of drug-likeness (QED) is 0.749. The Labute approximate surface area is 122 Å². The molecule has 0 saturated heterocycles. The molecule has 4 saturated carbocycles. The smallest absolute Gasteiger partial charge is 0.133 e. The lowest BCUT2D eigenvalue weighted by Crippen LogP contribution is -2.58. The van der Waals surface area contributed by atoms with Crippen LogP contribution in [0.1, 0.15) is 51.9 Å². The Kier molecular flexibility index (Phi) is 3.85. The molecule has 0 atom stereocenters. The minimum atomic E-state index is 0.221. The molecule has 0 aliphatic heterocycles. The summed E-state index contributed by atoms with van der Waals surface area (Å²) in [5, 5.41) is 3.85. The highest BCUT2D eigenvalue weighted by atomic mass is 16.1. The van der Waals surface area contributed by atoms with Crippen LogP contribution in [0.2, 0.25) is 0 Å². The Balaban J connectivity index is 1.61. The first-order chi connectivity index (χ1) is 9.58. The van der Waals surface area contributed by atoms with Gasteiger partial charge in [0.05, 0.1) is 0 Å². The number of nitrogens with one attached hydrogen (secondary N) is 1. The zero-order chi connectivity index (χ0) is 14.2. The highest BCUT2D eigenvalue weighted by Crippen LogP contribution is 2.55. The topological polar surface area (TPSA) is 29.1 Å². The predicted molar refractivity (Wildman–Crippen MR) is 82.5 cm³/mol. The van der Waals surface area contributed by atoms with Gasteiger partial charge in [-0.15, -0.1) is 0 Å². The second-order valence-electron chi connectivity index (χ2n) is 7.44. The van der Waals surface area contributed by atoms with Gasteiger partial charge in [0.1, 0.15) is 5.78 Å². The maximum atomic E-state index is 11.1. The van der Waals surface area contributed by atoms with Crippen LogP contribution in [-0.4, -0.2) is 17.9 Å². The molecule has 0 unspecified atom stereocenters. The van der Waals surface area contributed by atoms with Crippen LogP contribution >= 0.6 is 0 Å². The lowest BCUT2D eigenvalue weighted by Gasteiger charge is -2.57. The number of rotatable bonds is 6. The van der Waals surface area contributed by atoms with E-state index >= 15 is 0 Å². The van der Waals surface area contributed by atoms with Crippen molar-refractivity contribution in [3.05, 3.63) is 24.3 Å². The van der Waals surface area contributed by atoms with E-state index in [0.717, 1.165) is 24.3 Å². The SMILES string of the molecule is C=C/C(=C\CC(C)=O)CNC12CC3CC(CC(C3)C1)C2. The number of hydrogen-bond acceptors (Lipinski definition) is 2. The van der Waals surface area contributed by atoms with Gasteiger partial charge in [0.2, 0.25) is 0 Å². The molecule has 4 aliphatic rings. The fourth-order valence-corrected chi connectivity index (χ4v) is 5.12. The van der Waals surface area contributed by atoms with Crippen molar-refractivity contribution in [2.24, 2.45) is 17.8 Å². The summed E-state index contributed by atoms with van der Waals surface area (Å²) in [4.78, 5) is 11.1. The summed E-state index contributed by atoms with van der Waals surface area (Å²) >= 11 is 0. The zero-order valence-electron chi connectivity index (χ0n) is 12.7. The number of carbonyl (C=O) groups is 1. The van der Waals surface area contributed by atoms with Crippen LogP contribution in [0.25, 0.3) is 0 Å². The third kappa shape index (κ3) is 2.90. The van der Waals surface area contributed by atoms with Crippen molar-refractivity contribution in [1.82, 2.24) is 5.32 Å². The largest absolute Gasteiger partial charge is 0.307 e. The number of ketones is 1. The predicted octanol–water partition coefficient (Wildman–Crippen LogP) is 3.64. The van der Waals surface area contributed by atoms with Crippen molar-refractivity contribution in [3.63, 3.8) is 0 Å². The molecule has 0 aromatic carbocycles. The molecule has 0 spiro atoms. The van der Waals surface area contributed by atoms with Gasteiger partial charge in [-0.3, -0.25) is 4.79 Å². The van der Waals surface area contributed by atoms with Crippen molar-refractivity contribution in [3.8, 4) is 0 Å². The van der Waals surface area contributed by atoms with Crippen molar-refractivity contribution in [2.75, 3.05) is 6.54 Å². The van der Waals surface area contributed by atoms with Crippen LogP contribution in [0.15, 0.2) is 24.3 Å². The molecular weight excluding hydrogens is 246 g/mol. The van der Waals surface area contributed by atoms with E-state index in [1.54, 1.807) is 6.92 Å². The molecule has 4 fully saturated rings. The molecule has 1 N–H and O–H groups in total. The number of allylic oxidation sites excluding steroid dienone is 1. The summed E-state index contributed by atoms with van der Waals surface area (Å²) in [7, 11) is 0. The molecule has 20 heavy (non-hydrogen) atoms. The third-order valence-electron chi connectivity index (χ3n) is 5.62. The number of Topliss-reactive ketones (excluding diaryl/α,β-unsaturated/α-hetero) is 1. The van der Waals surface area contributed by atoms with E-state index in [1.165, 1.54) is 44.1 Å². The summed E-state index contributed by atoms with van der Waals surface area (Å²) < 4.78 is 0. The van der Waals surface area contributed by atoms with Crippen molar-refractivity contribution in [2.45, 2.75) is 57.4 Å². The molecule has 0 aromatic rings. The maximum Gasteiger partial charge on any atom is 0.133 e. The monoisotopic (exact) mass is 273 g/mol. The van der Waals surface area contributed by atoms with E-state index < -0.39 is 0 Å². The molecular formula is C18H27NO. The fourth-order valence-electron chi connectivity index (χ4n) is 5.12. The summed E-state index contributed by atoms with van der Waals surface area (Å²) in [5.41, 5.74) is 1.57. The molecule has 0 amide bonds. The molecule has 110 valence electrons. The van der Waals surface area contributed by atoms with Gasteiger partial charge in [-0.1, -0.05) is 18.7 Å². The molecule has 0 heterocycles. The lowest BCUT2D eigenvalue weighted by molar-refractivity contribution is -0.116. The molecule has 4 aliphatic carbocycles. The van der Waals surface area contributed by atoms with Gasteiger partial charge in [-0.25, -0.2) is 0 Å². The Hall–Kier alpha value is -0.890. The van der Waals surface area contributed by atoms with Gasteiger partial charge in [0, 0.05) is 18.5 Å². The van der Waals surface area contributed by atoms with E-state index in [4.69, 9.17) is 0 Å². The van der Waals surface area contributed by atoms with Gasteiger partial charge < -0.3 is 5.32 Å². The van der Waals surface area contributed by atoms with Crippen LogP contribution < -0.4 is 5.32 Å². The van der Waals surface area contributed by atoms with Gasteiger partial charge in [-0.05, 0) is 68.8 Å². The van der Waals surface area contributed by atoms with Gasteiger partial charge in [0.15, 0.2) is 0 Å². The first kappa shape index (κ1) is 14.1. The minimum absolute atomic E-state index is 0.221. The second kappa shape index (κ2) is 5.48. The Morgan fingerprint density at radius 1 is 1.20 bits per heavy atom. The summed E-state index contributed by atoms with van der Waals surface area (Å²) in [5.74, 6) is 3.14. The number of hydrogen-bond donors (Lipinski definition) is 1. The van der Waals surface area contributed by atoms with Crippen molar-refractivity contribution >= 4 is 5.78 Å².